The average Bonchev–Trinajstić information content (AvgIpc) is 2.71. The molecular formula is C21H19ClN4O. The fourth-order valence-electron chi connectivity index (χ4n) is 3.28. The minimum atomic E-state index is -0.307. The van der Waals surface area contributed by atoms with Gasteiger partial charge in [-0.25, -0.2) is 9.97 Å². The molecule has 3 aromatic rings. The van der Waals surface area contributed by atoms with Gasteiger partial charge in [0.15, 0.2) is 5.82 Å². The van der Waals surface area contributed by atoms with Crippen LogP contribution in [0.5, 0.6) is 0 Å². The van der Waals surface area contributed by atoms with E-state index in [-0.39, 0.29) is 11.6 Å². The fraction of sp³-hybridized carbons (Fsp3) is 0.190. The van der Waals surface area contributed by atoms with E-state index in [0.29, 0.717) is 10.7 Å². The van der Waals surface area contributed by atoms with Crippen LogP contribution in [-0.2, 0) is 6.42 Å². The first-order chi connectivity index (χ1) is 13.1. The lowest BCUT2D eigenvalue weighted by atomic mass is 10.0. The second kappa shape index (κ2) is 7.37. The summed E-state index contributed by atoms with van der Waals surface area (Å²) in [7, 11) is 0. The van der Waals surface area contributed by atoms with E-state index in [1.807, 2.05) is 19.1 Å². The van der Waals surface area contributed by atoms with Crippen LogP contribution in [0.2, 0.25) is 5.02 Å². The minimum Gasteiger partial charge on any atom is -0.325 e. The SMILES string of the molecule is Cc1c(Cl)cccc1NC(=O)c1cnc(N2CCCc3ccccc32)cn1. The molecule has 0 fully saturated rings. The first kappa shape index (κ1) is 17.5. The van der Waals surface area contributed by atoms with Crippen LogP contribution in [0.4, 0.5) is 17.2 Å². The molecule has 27 heavy (non-hydrogen) atoms. The van der Waals surface area contributed by atoms with Crippen molar-refractivity contribution in [1.82, 2.24) is 9.97 Å². The Balaban J connectivity index is 1.54. The Morgan fingerprint density at radius 1 is 1.11 bits per heavy atom. The van der Waals surface area contributed by atoms with E-state index in [1.165, 1.54) is 11.8 Å². The maximum atomic E-state index is 12.5. The summed E-state index contributed by atoms with van der Waals surface area (Å²) in [6.07, 6.45) is 5.30. The number of aryl methyl sites for hydroxylation is 1. The first-order valence-corrected chi connectivity index (χ1v) is 9.25. The van der Waals surface area contributed by atoms with Gasteiger partial charge in [0.05, 0.1) is 12.4 Å². The molecule has 2 heterocycles. The summed E-state index contributed by atoms with van der Waals surface area (Å²) >= 11 is 6.11. The zero-order valence-corrected chi connectivity index (χ0v) is 15.7. The third-order valence-corrected chi connectivity index (χ3v) is 5.18. The second-order valence-electron chi connectivity index (χ2n) is 6.51. The Bertz CT molecular complexity index is 988. The van der Waals surface area contributed by atoms with Gasteiger partial charge in [0, 0.05) is 22.9 Å². The predicted molar refractivity (Wildman–Crippen MR) is 108 cm³/mol. The summed E-state index contributed by atoms with van der Waals surface area (Å²) in [5.74, 6) is 0.441. The molecule has 0 bridgehead atoms. The number of rotatable bonds is 3. The van der Waals surface area contributed by atoms with Crippen LogP contribution in [0, 0.1) is 6.92 Å². The Labute approximate surface area is 163 Å². The van der Waals surface area contributed by atoms with Gasteiger partial charge in [-0.3, -0.25) is 4.79 Å². The summed E-state index contributed by atoms with van der Waals surface area (Å²) in [6, 6.07) is 13.7. The first-order valence-electron chi connectivity index (χ1n) is 8.87. The Kier molecular flexibility index (Phi) is 4.77. The highest BCUT2D eigenvalue weighted by Gasteiger charge is 2.19. The monoisotopic (exact) mass is 378 g/mol. The number of hydrogen-bond donors (Lipinski definition) is 1. The van der Waals surface area contributed by atoms with Crippen LogP contribution < -0.4 is 10.2 Å². The van der Waals surface area contributed by atoms with Crippen molar-refractivity contribution in [2.75, 3.05) is 16.8 Å². The third kappa shape index (κ3) is 3.51. The number of aromatic nitrogens is 2. The fourth-order valence-corrected chi connectivity index (χ4v) is 3.45. The quantitative estimate of drug-likeness (QED) is 0.712. The lowest BCUT2D eigenvalue weighted by molar-refractivity contribution is 0.102. The lowest BCUT2D eigenvalue weighted by Crippen LogP contribution is -2.25. The predicted octanol–water partition coefficient (Wildman–Crippen LogP) is 4.78. The zero-order valence-electron chi connectivity index (χ0n) is 14.9. The van der Waals surface area contributed by atoms with Gasteiger partial charge in [-0.2, -0.15) is 0 Å². The van der Waals surface area contributed by atoms with Gasteiger partial charge in [-0.15, -0.1) is 0 Å². The third-order valence-electron chi connectivity index (χ3n) is 4.77. The highest BCUT2D eigenvalue weighted by molar-refractivity contribution is 6.31. The molecule has 4 rings (SSSR count). The van der Waals surface area contributed by atoms with E-state index in [0.717, 1.165) is 36.5 Å². The number of anilines is 3. The normalized spacial score (nSPS) is 13.2. The molecule has 0 atom stereocenters. The van der Waals surface area contributed by atoms with Gasteiger partial charge in [0.25, 0.3) is 5.91 Å². The van der Waals surface area contributed by atoms with Gasteiger partial charge in [0.1, 0.15) is 5.69 Å². The summed E-state index contributed by atoms with van der Waals surface area (Å²) < 4.78 is 0. The molecule has 5 nitrogen and oxygen atoms in total. The number of nitrogens with one attached hydrogen (secondary N) is 1. The summed E-state index contributed by atoms with van der Waals surface area (Å²) in [4.78, 5) is 23.4. The average molecular weight is 379 g/mol. The summed E-state index contributed by atoms with van der Waals surface area (Å²) in [5, 5.41) is 3.45. The Morgan fingerprint density at radius 3 is 2.78 bits per heavy atom. The van der Waals surface area contributed by atoms with Gasteiger partial charge in [-0.1, -0.05) is 35.9 Å². The molecule has 0 spiro atoms. The van der Waals surface area contributed by atoms with Crippen LogP contribution in [0.15, 0.2) is 54.9 Å². The Morgan fingerprint density at radius 2 is 1.96 bits per heavy atom. The lowest BCUT2D eigenvalue weighted by Gasteiger charge is -2.30. The zero-order chi connectivity index (χ0) is 18.8. The number of carbonyl (C=O) groups is 1. The summed E-state index contributed by atoms with van der Waals surface area (Å²) in [6.45, 7) is 2.75. The topological polar surface area (TPSA) is 58.1 Å². The molecule has 1 amide bonds. The number of carbonyl (C=O) groups excluding carboxylic acids is 1. The number of hydrogen-bond acceptors (Lipinski definition) is 4. The molecule has 1 aliphatic rings. The maximum absolute atomic E-state index is 12.5. The number of nitrogens with zero attached hydrogens (tertiary/aromatic N) is 3. The molecule has 136 valence electrons. The molecular weight excluding hydrogens is 360 g/mol. The van der Waals surface area contributed by atoms with E-state index in [2.05, 4.69) is 38.4 Å². The van der Waals surface area contributed by atoms with Gasteiger partial charge >= 0.3 is 0 Å². The summed E-state index contributed by atoms with van der Waals surface area (Å²) in [5.41, 5.74) is 4.22. The molecule has 0 saturated heterocycles. The van der Waals surface area contributed by atoms with Gasteiger partial charge < -0.3 is 10.2 Å². The number of para-hydroxylation sites is 1. The minimum absolute atomic E-state index is 0.267. The molecule has 1 N–H and O–H groups in total. The standard InChI is InChI=1S/C21H19ClN4O/c1-14-16(22)8-4-9-17(14)25-21(27)18-12-24-20(13-23-18)26-11-5-7-15-6-2-3-10-19(15)26/h2-4,6,8-10,12-13H,5,7,11H2,1H3,(H,25,27). The van der Waals surface area contributed by atoms with Crippen molar-refractivity contribution in [3.8, 4) is 0 Å². The Hall–Kier alpha value is -2.92. The van der Waals surface area contributed by atoms with Crippen molar-refractivity contribution in [1.29, 1.82) is 0 Å². The van der Waals surface area contributed by atoms with Crippen LogP contribution >= 0.6 is 11.6 Å². The van der Waals surface area contributed by atoms with Crippen molar-refractivity contribution in [3.05, 3.63) is 76.7 Å². The number of halogens is 1. The van der Waals surface area contributed by atoms with E-state index in [4.69, 9.17) is 11.6 Å². The van der Waals surface area contributed by atoms with Crippen molar-refractivity contribution in [3.63, 3.8) is 0 Å². The number of amides is 1. The molecule has 6 heteroatoms. The van der Waals surface area contributed by atoms with E-state index in [1.54, 1.807) is 18.3 Å². The van der Waals surface area contributed by atoms with Crippen LogP contribution in [0.3, 0.4) is 0 Å². The van der Waals surface area contributed by atoms with E-state index in [9.17, 15) is 4.79 Å². The molecule has 0 unspecified atom stereocenters. The van der Waals surface area contributed by atoms with Crippen LogP contribution in [-0.4, -0.2) is 22.4 Å². The maximum Gasteiger partial charge on any atom is 0.275 e. The van der Waals surface area contributed by atoms with Crippen molar-refractivity contribution in [2.45, 2.75) is 19.8 Å². The molecule has 1 aromatic heterocycles. The van der Waals surface area contributed by atoms with Gasteiger partial charge in [-0.05, 0) is 49.1 Å². The molecule has 2 aromatic carbocycles. The number of benzene rings is 2. The van der Waals surface area contributed by atoms with E-state index >= 15 is 0 Å². The molecule has 0 radical (unpaired) electrons. The second-order valence-corrected chi connectivity index (χ2v) is 6.92. The highest BCUT2D eigenvalue weighted by atomic mass is 35.5. The largest absolute Gasteiger partial charge is 0.325 e. The smallest absolute Gasteiger partial charge is 0.275 e. The van der Waals surface area contributed by atoms with Gasteiger partial charge in [0.2, 0.25) is 0 Å². The van der Waals surface area contributed by atoms with Crippen LogP contribution in [0.25, 0.3) is 0 Å². The van der Waals surface area contributed by atoms with Crippen molar-refractivity contribution < 1.29 is 4.79 Å². The van der Waals surface area contributed by atoms with Crippen LogP contribution in [0.1, 0.15) is 28.0 Å². The van der Waals surface area contributed by atoms with Crippen molar-refractivity contribution in [2.24, 2.45) is 0 Å². The molecule has 0 saturated carbocycles. The number of fused-ring (bicyclic) bond motifs is 1. The molecule has 1 aliphatic heterocycles. The van der Waals surface area contributed by atoms with E-state index < -0.39 is 0 Å². The molecule has 0 aliphatic carbocycles. The highest BCUT2D eigenvalue weighted by Crippen LogP contribution is 2.31. The van der Waals surface area contributed by atoms with Crippen molar-refractivity contribution >= 4 is 34.7 Å².